The molecule has 0 spiro atoms. The van der Waals surface area contributed by atoms with E-state index in [-0.39, 0.29) is 18.5 Å². The first kappa shape index (κ1) is 16.0. The number of hydrogen-bond donors (Lipinski definition) is 2. The summed E-state index contributed by atoms with van der Waals surface area (Å²) < 4.78 is 1.76. The molecule has 0 radical (unpaired) electrons. The van der Waals surface area contributed by atoms with Gasteiger partial charge in [0.1, 0.15) is 0 Å². The molecular weight excluding hydrogens is 260 g/mol. The van der Waals surface area contributed by atoms with Gasteiger partial charge < -0.3 is 15.3 Å². The van der Waals surface area contributed by atoms with Gasteiger partial charge in [-0.3, -0.25) is 9.48 Å². The molecule has 1 rings (SSSR count). The largest absolute Gasteiger partial charge is 0.481 e. The van der Waals surface area contributed by atoms with Crippen LogP contribution in [0, 0.1) is 6.92 Å². The molecule has 0 saturated heterocycles. The summed E-state index contributed by atoms with van der Waals surface area (Å²) in [5.74, 6) is -0.907. The van der Waals surface area contributed by atoms with Gasteiger partial charge in [-0.25, -0.2) is 4.79 Å². The van der Waals surface area contributed by atoms with Crippen molar-refractivity contribution in [2.24, 2.45) is 0 Å². The summed E-state index contributed by atoms with van der Waals surface area (Å²) in [6, 6.07) is -0.574. The number of aryl methyl sites for hydroxylation is 1. The summed E-state index contributed by atoms with van der Waals surface area (Å²) >= 11 is 0. The molecule has 7 nitrogen and oxygen atoms in total. The molecule has 20 heavy (non-hydrogen) atoms. The number of aliphatic carboxylic acids is 1. The maximum atomic E-state index is 12.0. The van der Waals surface area contributed by atoms with E-state index in [0.29, 0.717) is 19.6 Å². The van der Waals surface area contributed by atoms with Crippen molar-refractivity contribution in [3.63, 3.8) is 0 Å². The molecule has 1 unspecified atom stereocenters. The number of carboxylic acids is 1. The number of nitrogens with zero attached hydrogens (tertiary/aromatic N) is 3. The van der Waals surface area contributed by atoms with Crippen molar-refractivity contribution in [2.75, 3.05) is 13.1 Å². The zero-order chi connectivity index (χ0) is 15.1. The normalized spacial score (nSPS) is 11.9. The number of aromatic nitrogens is 2. The first-order chi connectivity index (χ1) is 9.43. The van der Waals surface area contributed by atoms with E-state index in [1.165, 1.54) is 4.90 Å². The summed E-state index contributed by atoms with van der Waals surface area (Å²) in [5.41, 5.74) is 1.07. The minimum absolute atomic E-state index is 0.0559. The summed E-state index contributed by atoms with van der Waals surface area (Å²) in [7, 11) is 0. The average Bonchev–Trinajstić information content (AvgIpc) is 2.75. The lowest BCUT2D eigenvalue weighted by atomic mass is 10.2. The Labute approximate surface area is 118 Å². The lowest BCUT2D eigenvalue weighted by molar-refractivity contribution is -0.138. The third kappa shape index (κ3) is 4.91. The zero-order valence-electron chi connectivity index (χ0n) is 12.2. The van der Waals surface area contributed by atoms with Crippen molar-refractivity contribution in [2.45, 2.75) is 39.8 Å². The van der Waals surface area contributed by atoms with Gasteiger partial charge in [0.2, 0.25) is 0 Å². The molecule has 0 aliphatic carbocycles. The Morgan fingerprint density at radius 2 is 2.25 bits per heavy atom. The summed E-state index contributed by atoms with van der Waals surface area (Å²) in [5, 5.41) is 15.7. The number of urea groups is 1. The molecule has 112 valence electrons. The average molecular weight is 282 g/mol. The molecular formula is C13H22N4O3. The third-order valence-corrected chi connectivity index (χ3v) is 2.98. The first-order valence-corrected chi connectivity index (χ1v) is 6.69. The molecule has 1 atom stereocenters. The highest BCUT2D eigenvalue weighted by molar-refractivity contribution is 5.75. The highest BCUT2D eigenvalue weighted by Gasteiger charge is 2.20. The van der Waals surface area contributed by atoms with Crippen molar-refractivity contribution < 1.29 is 14.7 Å². The smallest absolute Gasteiger partial charge is 0.317 e. The number of rotatable bonds is 7. The highest BCUT2D eigenvalue weighted by Crippen LogP contribution is 2.04. The maximum absolute atomic E-state index is 12.0. The van der Waals surface area contributed by atoms with E-state index < -0.39 is 5.97 Å². The molecule has 7 heteroatoms. The number of carbonyl (C=O) groups is 2. The van der Waals surface area contributed by atoms with E-state index in [1.54, 1.807) is 17.8 Å². The van der Waals surface area contributed by atoms with Crippen LogP contribution in [0.15, 0.2) is 12.4 Å². The van der Waals surface area contributed by atoms with Crippen LogP contribution in [0.4, 0.5) is 4.79 Å². The molecule has 0 bridgehead atoms. The number of hydrogen-bond acceptors (Lipinski definition) is 3. The van der Waals surface area contributed by atoms with Crippen LogP contribution in [0.3, 0.4) is 0 Å². The van der Waals surface area contributed by atoms with Gasteiger partial charge >= 0.3 is 12.0 Å². The van der Waals surface area contributed by atoms with Crippen molar-refractivity contribution in [3.05, 3.63) is 18.0 Å². The Bertz CT molecular complexity index is 458. The van der Waals surface area contributed by atoms with Crippen LogP contribution in [0.1, 0.15) is 25.8 Å². The quantitative estimate of drug-likeness (QED) is 0.783. The summed E-state index contributed by atoms with van der Waals surface area (Å²) in [6.45, 7) is 7.03. The van der Waals surface area contributed by atoms with Gasteiger partial charge in [0.05, 0.1) is 19.2 Å². The molecule has 1 heterocycles. The van der Waals surface area contributed by atoms with Crippen LogP contribution >= 0.6 is 0 Å². The molecule has 0 fully saturated rings. The van der Waals surface area contributed by atoms with E-state index in [2.05, 4.69) is 10.4 Å². The molecule has 0 aliphatic heterocycles. The minimum Gasteiger partial charge on any atom is -0.481 e. The van der Waals surface area contributed by atoms with Gasteiger partial charge in [0, 0.05) is 25.3 Å². The predicted octanol–water partition coefficient (Wildman–Crippen LogP) is 1.09. The second-order valence-electron chi connectivity index (χ2n) is 4.75. The van der Waals surface area contributed by atoms with Crippen molar-refractivity contribution in [1.29, 1.82) is 0 Å². The fraction of sp³-hybridized carbons (Fsp3) is 0.615. The predicted molar refractivity (Wildman–Crippen MR) is 74.5 cm³/mol. The molecule has 1 aromatic heterocycles. The van der Waals surface area contributed by atoms with Crippen LogP contribution < -0.4 is 5.32 Å². The van der Waals surface area contributed by atoms with Gasteiger partial charge in [0.15, 0.2) is 0 Å². The van der Waals surface area contributed by atoms with Crippen LogP contribution in [0.5, 0.6) is 0 Å². The second-order valence-corrected chi connectivity index (χ2v) is 4.75. The van der Waals surface area contributed by atoms with Crippen LogP contribution in [-0.2, 0) is 11.3 Å². The third-order valence-electron chi connectivity index (χ3n) is 2.98. The molecule has 0 aliphatic rings. The van der Waals surface area contributed by atoms with Crippen LogP contribution in [0.25, 0.3) is 0 Å². The van der Waals surface area contributed by atoms with Crippen molar-refractivity contribution >= 4 is 12.0 Å². The van der Waals surface area contributed by atoms with Crippen LogP contribution in [-0.4, -0.2) is 50.9 Å². The van der Waals surface area contributed by atoms with E-state index in [0.717, 1.165) is 5.56 Å². The van der Waals surface area contributed by atoms with E-state index >= 15 is 0 Å². The number of amides is 2. The number of carboxylic acid groups (broad SMARTS) is 1. The topological polar surface area (TPSA) is 87.5 Å². The van der Waals surface area contributed by atoms with Crippen LogP contribution in [0.2, 0.25) is 0 Å². The van der Waals surface area contributed by atoms with Gasteiger partial charge in [-0.15, -0.1) is 0 Å². The minimum atomic E-state index is -0.907. The Hall–Kier alpha value is -2.05. The molecule has 1 aromatic rings. The maximum Gasteiger partial charge on any atom is 0.317 e. The van der Waals surface area contributed by atoms with E-state index in [9.17, 15) is 9.59 Å². The SMILES string of the molecule is CCN(C(=O)NCCn1cc(C)cn1)C(C)CC(=O)O. The number of nitrogens with one attached hydrogen (secondary N) is 1. The zero-order valence-corrected chi connectivity index (χ0v) is 12.2. The fourth-order valence-electron chi connectivity index (χ4n) is 1.99. The summed E-state index contributed by atoms with van der Waals surface area (Å²) in [4.78, 5) is 24.2. The molecule has 2 N–H and O–H groups in total. The molecule has 0 saturated carbocycles. The second kappa shape index (κ2) is 7.52. The lowest BCUT2D eigenvalue weighted by Crippen LogP contribution is -2.46. The standard InChI is InChI=1S/C13H22N4O3/c1-4-17(11(3)7-12(18)19)13(20)14-5-6-16-9-10(2)8-15-16/h8-9,11H,4-7H2,1-3H3,(H,14,20)(H,18,19). The van der Waals surface area contributed by atoms with E-state index in [1.807, 2.05) is 20.0 Å². The first-order valence-electron chi connectivity index (χ1n) is 6.69. The van der Waals surface area contributed by atoms with Crippen molar-refractivity contribution in [1.82, 2.24) is 20.0 Å². The Morgan fingerprint density at radius 1 is 1.55 bits per heavy atom. The Morgan fingerprint density at radius 3 is 2.75 bits per heavy atom. The van der Waals surface area contributed by atoms with Crippen molar-refractivity contribution in [3.8, 4) is 0 Å². The van der Waals surface area contributed by atoms with Gasteiger partial charge in [-0.1, -0.05) is 0 Å². The van der Waals surface area contributed by atoms with Gasteiger partial charge in [0.25, 0.3) is 0 Å². The lowest BCUT2D eigenvalue weighted by Gasteiger charge is -2.27. The van der Waals surface area contributed by atoms with Gasteiger partial charge in [-0.2, -0.15) is 5.10 Å². The van der Waals surface area contributed by atoms with Gasteiger partial charge in [-0.05, 0) is 26.3 Å². The Kier molecular flexibility index (Phi) is 6.02. The Balaban J connectivity index is 2.41. The summed E-state index contributed by atoms with van der Waals surface area (Å²) in [6.07, 6.45) is 3.60. The monoisotopic (exact) mass is 282 g/mol. The number of carbonyl (C=O) groups excluding carboxylic acids is 1. The van der Waals surface area contributed by atoms with E-state index in [4.69, 9.17) is 5.11 Å². The molecule has 0 aromatic carbocycles. The molecule has 2 amide bonds. The highest BCUT2D eigenvalue weighted by atomic mass is 16.4. The fourth-order valence-corrected chi connectivity index (χ4v) is 1.99.